The van der Waals surface area contributed by atoms with Gasteiger partial charge in [-0.05, 0) is 44.5 Å². The molecule has 1 heterocycles. The normalized spacial score (nSPS) is 22.8. The Hall–Kier alpha value is -2.21. The van der Waals surface area contributed by atoms with Crippen molar-refractivity contribution in [2.45, 2.75) is 31.8 Å². The lowest BCUT2D eigenvalue weighted by molar-refractivity contribution is -0.124. The monoisotopic (exact) mass is 275 g/mol. The highest BCUT2D eigenvalue weighted by atomic mass is 16.2. The minimum atomic E-state index is -1.15. The van der Waals surface area contributed by atoms with Gasteiger partial charge in [0.25, 0.3) is 0 Å². The van der Waals surface area contributed by atoms with Crippen molar-refractivity contribution in [1.82, 2.24) is 10.4 Å². The number of primary amides is 1. The van der Waals surface area contributed by atoms with Gasteiger partial charge in [0.1, 0.15) is 5.82 Å². The fourth-order valence-electron chi connectivity index (χ4n) is 2.28. The number of nitrogens with two attached hydrogens (primary N) is 3. The molecule has 0 spiro atoms. The molecule has 0 bridgehead atoms. The van der Waals surface area contributed by atoms with Crippen molar-refractivity contribution in [3.05, 3.63) is 41.7 Å². The van der Waals surface area contributed by atoms with E-state index in [0.29, 0.717) is 17.1 Å². The number of nitrogens with zero attached hydrogens (tertiary/aromatic N) is 1. The van der Waals surface area contributed by atoms with Gasteiger partial charge < -0.3 is 17.2 Å². The van der Waals surface area contributed by atoms with Crippen LogP contribution in [0.15, 0.2) is 36.2 Å². The predicted molar refractivity (Wildman–Crippen MR) is 78.7 cm³/mol. The van der Waals surface area contributed by atoms with Crippen LogP contribution in [0.5, 0.6) is 0 Å². The van der Waals surface area contributed by atoms with Gasteiger partial charge in [-0.15, -0.1) is 0 Å². The third kappa shape index (κ3) is 2.18. The lowest BCUT2D eigenvalue weighted by atomic mass is 9.90. The molecule has 0 fully saturated rings. The van der Waals surface area contributed by atoms with Gasteiger partial charge in [-0.1, -0.05) is 12.1 Å². The Morgan fingerprint density at radius 1 is 1.20 bits per heavy atom. The van der Waals surface area contributed by atoms with Gasteiger partial charge in [-0.2, -0.15) is 0 Å². The average molecular weight is 275 g/mol. The number of hydrazine groups is 1. The molecule has 0 aromatic heterocycles. The first-order chi connectivity index (χ1) is 9.17. The van der Waals surface area contributed by atoms with Gasteiger partial charge in [-0.3, -0.25) is 9.80 Å². The Morgan fingerprint density at radius 2 is 1.75 bits per heavy atom. The maximum atomic E-state index is 12.0. The van der Waals surface area contributed by atoms with Crippen LogP contribution in [0.3, 0.4) is 0 Å². The summed E-state index contributed by atoms with van der Waals surface area (Å²) in [6, 6.07) is 6.99. The number of anilines is 1. The number of nitrogens with one attached hydrogen (secondary N) is 1. The van der Waals surface area contributed by atoms with Crippen LogP contribution in [-0.4, -0.2) is 16.5 Å². The van der Waals surface area contributed by atoms with Crippen LogP contribution < -0.4 is 22.6 Å². The molecule has 1 aromatic rings. The topological polar surface area (TPSA) is 110 Å². The van der Waals surface area contributed by atoms with Crippen molar-refractivity contribution in [1.29, 1.82) is 0 Å². The van der Waals surface area contributed by atoms with E-state index in [1.807, 2.05) is 20.8 Å². The summed E-state index contributed by atoms with van der Waals surface area (Å²) in [5.41, 5.74) is 20.4. The number of amides is 1. The van der Waals surface area contributed by atoms with Crippen molar-refractivity contribution in [3.63, 3.8) is 0 Å². The van der Waals surface area contributed by atoms with Gasteiger partial charge in [0.05, 0.1) is 0 Å². The summed E-state index contributed by atoms with van der Waals surface area (Å²) in [5.74, 6) is -0.0508. The maximum absolute atomic E-state index is 12.0. The minimum absolute atomic E-state index is 0.286. The zero-order valence-corrected chi connectivity index (χ0v) is 12.0. The van der Waals surface area contributed by atoms with E-state index in [9.17, 15) is 4.79 Å². The summed E-state index contributed by atoms with van der Waals surface area (Å²) >= 11 is 0. The minimum Gasteiger partial charge on any atom is -0.399 e. The van der Waals surface area contributed by atoms with Crippen LogP contribution in [0.1, 0.15) is 26.3 Å². The Bertz CT molecular complexity index is 558. The van der Waals surface area contributed by atoms with E-state index in [1.54, 1.807) is 35.4 Å². The first kappa shape index (κ1) is 14.2. The highest BCUT2D eigenvalue weighted by Crippen LogP contribution is 2.33. The average Bonchev–Trinajstić information content (AvgIpc) is 2.69. The molecule has 1 unspecified atom stereocenters. The summed E-state index contributed by atoms with van der Waals surface area (Å²) in [6.45, 7) is 5.96. The lowest BCUT2D eigenvalue weighted by Gasteiger charge is -2.37. The van der Waals surface area contributed by atoms with E-state index in [1.165, 1.54) is 0 Å². The van der Waals surface area contributed by atoms with Gasteiger partial charge in [0.15, 0.2) is 5.54 Å². The Labute approximate surface area is 118 Å². The van der Waals surface area contributed by atoms with E-state index < -0.39 is 11.4 Å². The zero-order valence-electron chi connectivity index (χ0n) is 12.0. The number of rotatable bonds is 2. The summed E-state index contributed by atoms with van der Waals surface area (Å²) in [6.07, 6.45) is 1.64. The molecule has 1 aliphatic heterocycles. The van der Waals surface area contributed by atoms with Crippen LogP contribution in [0, 0.1) is 0 Å². The SMILES string of the molecule is CC(C)(C)N1NC(C(N)=O)(c2ccc(N)cc2)C=C1N. The first-order valence-electron chi connectivity index (χ1n) is 6.39. The Morgan fingerprint density at radius 3 is 2.15 bits per heavy atom. The number of hydrogen-bond donors (Lipinski definition) is 4. The smallest absolute Gasteiger partial charge is 0.248 e. The largest absolute Gasteiger partial charge is 0.399 e. The molecule has 6 heteroatoms. The zero-order chi connectivity index (χ0) is 15.1. The molecule has 0 saturated carbocycles. The molecule has 108 valence electrons. The maximum Gasteiger partial charge on any atom is 0.248 e. The second kappa shape index (κ2) is 4.42. The Balaban J connectivity index is 2.50. The number of carbonyl (C=O) groups is 1. The second-order valence-corrected chi connectivity index (χ2v) is 5.98. The number of carbonyl (C=O) groups excluding carboxylic acids is 1. The van der Waals surface area contributed by atoms with E-state index >= 15 is 0 Å². The van der Waals surface area contributed by atoms with Crippen molar-refractivity contribution in [2.75, 3.05) is 5.73 Å². The fraction of sp³-hybridized carbons (Fsp3) is 0.357. The fourth-order valence-corrected chi connectivity index (χ4v) is 2.28. The second-order valence-electron chi connectivity index (χ2n) is 5.98. The van der Waals surface area contributed by atoms with Gasteiger partial charge in [0, 0.05) is 11.2 Å². The van der Waals surface area contributed by atoms with Crippen molar-refractivity contribution in [3.8, 4) is 0 Å². The van der Waals surface area contributed by atoms with Crippen LogP contribution in [-0.2, 0) is 10.3 Å². The summed E-state index contributed by atoms with van der Waals surface area (Å²) in [7, 11) is 0. The van der Waals surface area contributed by atoms with Crippen molar-refractivity contribution < 1.29 is 4.79 Å². The number of hydrogen-bond acceptors (Lipinski definition) is 5. The highest BCUT2D eigenvalue weighted by molar-refractivity contribution is 5.89. The summed E-state index contributed by atoms with van der Waals surface area (Å²) in [5, 5.41) is 1.74. The Kier molecular flexibility index (Phi) is 3.14. The molecule has 1 atom stereocenters. The molecule has 0 radical (unpaired) electrons. The molecule has 0 aliphatic carbocycles. The molecule has 1 amide bonds. The van der Waals surface area contributed by atoms with E-state index in [2.05, 4.69) is 5.43 Å². The molecule has 0 saturated heterocycles. The molecule has 7 N–H and O–H groups in total. The number of nitrogen functional groups attached to an aromatic ring is 1. The van der Waals surface area contributed by atoms with E-state index in [0.717, 1.165) is 0 Å². The van der Waals surface area contributed by atoms with E-state index in [-0.39, 0.29) is 5.54 Å². The van der Waals surface area contributed by atoms with Crippen molar-refractivity contribution >= 4 is 11.6 Å². The molecule has 1 aromatic carbocycles. The third-order valence-electron chi connectivity index (χ3n) is 3.34. The predicted octanol–water partition coefficient (Wildman–Crippen LogP) is 0.368. The molecule has 1 aliphatic rings. The standard InChI is InChI=1S/C14H21N5O/c1-13(2,3)19-11(16)8-14(18-19,12(17)20)9-4-6-10(15)7-5-9/h4-8,18H,15-16H2,1-3H3,(H2,17,20). The van der Waals surface area contributed by atoms with Gasteiger partial charge >= 0.3 is 0 Å². The van der Waals surface area contributed by atoms with E-state index in [4.69, 9.17) is 17.2 Å². The third-order valence-corrected chi connectivity index (χ3v) is 3.34. The first-order valence-corrected chi connectivity index (χ1v) is 6.39. The molecular formula is C14H21N5O. The quantitative estimate of drug-likeness (QED) is 0.583. The highest BCUT2D eigenvalue weighted by Gasteiger charge is 2.46. The van der Waals surface area contributed by atoms with Crippen LogP contribution in [0.4, 0.5) is 5.69 Å². The summed E-state index contributed by atoms with van der Waals surface area (Å²) in [4.78, 5) is 12.0. The lowest BCUT2D eigenvalue weighted by Crippen LogP contribution is -2.58. The summed E-state index contributed by atoms with van der Waals surface area (Å²) < 4.78 is 0. The van der Waals surface area contributed by atoms with Crippen molar-refractivity contribution in [2.24, 2.45) is 11.5 Å². The van der Waals surface area contributed by atoms with Crippen LogP contribution in [0.25, 0.3) is 0 Å². The molecule has 6 nitrogen and oxygen atoms in total. The molecule has 2 rings (SSSR count). The molecular weight excluding hydrogens is 254 g/mol. The van der Waals surface area contributed by atoms with Crippen LogP contribution in [0.2, 0.25) is 0 Å². The van der Waals surface area contributed by atoms with Gasteiger partial charge in [0.2, 0.25) is 5.91 Å². The number of benzene rings is 1. The van der Waals surface area contributed by atoms with Gasteiger partial charge in [-0.25, -0.2) is 5.43 Å². The van der Waals surface area contributed by atoms with Crippen LogP contribution >= 0.6 is 0 Å². The molecule has 20 heavy (non-hydrogen) atoms.